The first-order valence-corrected chi connectivity index (χ1v) is 9.59. The number of ether oxygens (including phenoxy) is 1. The second-order valence-electron chi connectivity index (χ2n) is 7.15. The zero-order valence-corrected chi connectivity index (χ0v) is 16.0. The lowest BCUT2D eigenvalue weighted by Crippen LogP contribution is -2.35. The Morgan fingerprint density at radius 2 is 1.50 bits per heavy atom. The van der Waals surface area contributed by atoms with E-state index in [1.165, 1.54) is 24.3 Å². The summed E-state index contributed by atoms with van der Waals surface area (Å²) in [4.78, 5) is 23.5. The van der Waals surface area contributed by atoms with E-state index in [0.29, 0.717) is 5.56 Å². The monoisotopic (exact) mass is 404 g/mol. The van der Waals surface area contributed by atoms with Gasteiger partial charge in [-0.25, -0.2) is 9.18 Å². The van der Waals surface area contributed by atoms with Crippen molar-refractivity contribution in [3.05, 3.63) is 95.3 Å². The number of carboxylic acids is 1. The summed E-state index contributed by atoms with van der Waals surface area (Å²) in [5, 5.41) is 13.6. The lowest BCUT2D eigenvalue weighted by Gasteiger charge is -2.21. The molecule has 1 atom stereocenters. The van der Waals surface area contributed by atoms with Crippen molar-refractivity contribution < 1.29 is 23.8 Å². The number of hydrogen-bond acceptors (Lipinski definition) is 4. The molecule has 1 aliphatic carbocycles. The Morgan fingerprint density at radius 3 is 2.07 bits per heavy atom. The predicted octanol–water partition coefficient (Wildman–Crippen LogP) is 3.55. The Morgan fingerprint density at radius 1 is 0.933 bits per heavy atom. The van der Waals surface area contributed by atoms with Gasteiger partial charge in [-0.05, 0) is 39.9 Å². The van der Waals surface area contributed by atoms with Crippen LogP contribution >= 0.6 is 0 Å². The molecule has 0 heterocycles. The first kappa shape index (κ1) is 19.6. The third-order valence-electron chi connectivity index (χ3n) is 5.28. The molecule has 0 unspecified atom stereocenters. The van der Waals surface area contributed by atoms with Crippen LogP contribution in [0.3, 0.4) is 0 Å². The number of carbonyl (C=O) groups excluding carboxylic acids is 2. The van der Waals surface area contributed by atoms with Gasteiger partial charge in [-0.15, -0.1) is 0 Å². The fourth-order valence-electron chi connectivity index (χ4n) is 3.90. The predicted molar refractivity (Wildman–Crippen MR) is 107 cm³/mol. The maximum atomic E-state index is 13.2. The fourth-order valence-corrected chi connectivity index (χ4v) is 3.90. The maximum absolute atomic E-state index is 13.2. The Labute approximate surface area is 173 Å². The van der Waals surface area contributed by atoms with Gasteiger partial charge in [0.25, 0.3) is 0 Å². The van der Waals surface area contributed by atoms with Crippen molar-refractivity contribution in [3.8, 4) is 11.1 Å². The van der Waals surface area contributed by atoms with Gasteiger partial charge < -0.3 is 20.0 Å². The van der Waals surface area contributed by atoms with Crippen LogP contribution in [0.4, 0.5) is 9.18 Å². The summed E-state index contributed by atoms with van der Waals surface area (Å²) < 4.78 is 18.6. The van der Waals surface area contributed by atoms with E-state index in [1.807, 2.05) is 48.5 Å². The molecule has 1 aliphatic rings. The van der Waals surface area contributed by atoms with Crippen LogP contribution in [0.2, 0.25) is 0 Å². The summed E-state index contributed by atoms with van der Waals surface area (Å²) >= 11 is 0. The van der Waals surface area contributed by atoms with E-state index >= 15 is 0 Å². The average molecular weight is 404 g/mol. The molecule has 1 N–H and O–H groups in total. The summed E-state index contributed by atoms with van der Waals surface area (Å²) in [5.74, 6) is -1.89. The molecule has 6 heteroatoms. The molecule has 1 amide bonds. The molecule has 3 aromatic rings. The first-order chi connectivity index (χ1) is 14.5. The third-order valence-corrected chi connectivity index (χ3v) is 5.28. The standard InChI is InChI=1S/C24H20FNO4/c25-16-11-9-15(10-12-16)22(13-23(27)28)26-24(29)30-14-21-19-7-3-1-5-17(19)18-6-2-4-8-20(18)21/h1-12,21-22H,13-14H2,(H,26,29)(H,27,28)/p-1/t22-/m1/s1. The minimum atomic E-state index is -1.33. The summed E-state index contributed by atoms with van der Waals surface area (Å²) in [6.45, 7) is 0.112. The van der Waals surface area contributed by atoms with Crippen molar-refractivity contribution in [1.29, 1.82) is 0 Å². The minimum Gasteiger partial charge on any atom is -0.550 e. The maximum Gasteiger partial charge on any atom is 0.407 e. The van der Waals surface area contributed by atoms with Gasteiger partial charge in [0.05, 0.1) is 6.04 Å². The van der Waals surface area contributed by atoms with Crippen LogP contribution in [-0.4, -0.2) is 18.7 Å². The first-order valence-electron chi connectivity index (χ1n) is 9.59. The molecule has 0 aromatic heterocycles. The number of alkyl carbamates (subject to hydrolysis) is 1. The highest BCUT2D eigenvalue weighted by atomic mass is 19.1. The molecule has 0 saturated heterocycles. The molecule has 0 spiro atoms. The molecule has 152 valence electrons. The normalized spacial score (nSPS) is 13.2. The summed E-state index contributed by atoms with van der Waals surface area (Å²) in [7, 11) is 0. The highest BCUT2D eigenvalue weighted by molar-refractivity contribution is 5.79. The molecule has 0 aliphatic heterocycles. The molecular weight excluding hydrogens is 385 g/mol. The number of nitrogens with one attached hydrogen (secondary N) is 1. The zero-order chi connectivity index (χ0) is 21.1. The van der Waals surface area contributed by atoms with Crippen LogP contribution in [0.25, 0.3) is 11.1 Å². The number of carboxylic acid groups (broad SMARTS) is 1. The van der Waals surface area contributed by atoms with Crippen LogP contribution in [0, 0.1) is 5.82 Å². The van der Waals surface area contributed by atoms with Crippen LogP contribution in [-0.2, 0) is 9.53 Å². The van der Waals surface area contributed by atoms with E-state index in [1.54, 1.807) is 0 Å². The van der Waals surface area contributed by atoms with Crippen LogP contribution in [0.1, 0.15) is 35.1 Å². The van der Waals surface area contributed by atoms with Gasteiger partial charge in [0.15, 0.2) is 0 Å². The Bertz CT molecular complexity index is 1040. The molecule has 0 bridgehead atoms. The number of aliphatic carboxylic acids is 1. The van der Waals surface area contributed by atoms with Crippen LogP contribution in [0.5, 0.6) is 0 Å². The van der Waals surface area contributed by atoms with E-state index in [9.17, 15) is 19.1 Å². The molecule has 30 heavy (non-hydrogen) atoms. The van der Waals surface area contributed by atoms with E-state index in [-0.39, 0.29) is 12.5 Å². The van der Waals surface area contributed by atoms with Crippen molar-refractivity contribution in [2.75, 3.05) is 6.61 Å². The smallest absolute Gasteiger partial charge is 0.407 e. The number of hydrogen-bond donors (Lipinski definition) is 1. The summed E-state index contributed by atoms with van der Waals surface area (Å²) in [6, 6.07) is 20.3. The van der Waals surface area contributed by atoms with E-state index in [4.69, 9.17) is 4.74 Å². The Hall–Kier alpha value is -3.67. The lowest BCUT2D eigenvalue weighted by molar-refractivity contribution is -0.306. The number of carbonyl (C=O) groups is 2. The van der Waals surface area contributed by atoms with Crippen molar-refractivity contribution in [2.45, 2.75) is 18.4 Å². The number of rotatable bonds is 6. The number of halogens is 1. The second-order valence-corrected chi connectivity index (χ2v) is 7.15. The zero-order valence-electron chi connectivity index (χ0n) is 16.0. The fraction of sp³-hybridized carbons (Fsp3) is 0.167. The molecule has 0 saturated carbocycles. The van der Waals surface area contributed by atoms with Crippen LogP contribution in [0.15, 0.2) is 72.8 Å². The SMILES string of the molecule is O=C([O-])C[C@@H](NC(=O)OCC1c2ccccc2-c2ccccc21)c1ccc(F)cc1. The summed E-state index contributed by atoms with van der Waals surface area (Å²) in [5.41, 5.74) is 4.84. The van der Waals surface area contributed by atoms with Gasteiger partial charge in [-0.3, -0.25) is 0 Å². The Kier molecular flexibility index (Phi) is 5.48. The number of benzene rings is 3. The van der Waals surface area contributed by atoms with Crippen molar-refractivity contribution in [2.24, 2.45) is 0 Å². The average Bonchev–Trinajstić information content (AvgIpc) is 3.06. The van der Waals surface area contributed by atoms with Gasteiger partial charge in [0.2, 0.25) is 0 Å². The molecule has 0 radical (unpaired) electrons. The summed E-state index contributed by atoms with van der Waals surface area (Å²) in [6.07, 6.45) is -1.19. The molecule has 5 nitrogen and oxygen atoms in total. The number of fused-ring (bicyclic) bond motifs is 3. The Balaban J connectivity index is 1.47. The van der Waals surface area contributed by atoms with Gasteiger partial charge in [-0.1, -0.05) is 60.7 Å². The van der Waals surface area contributed by atoms with Crippen molar-refractivity contribution in [1.82, 2.24) is 5.32 Å². The van der Waals surface area contributed by atoms with Gasteiger partial charge in [0, 0.05) is 18.3 Å². The van der Waals surface area contributed by atoms with Gasteiger partial charge in [-0.2, -0.15) is 0 Å². The van der Waals surface area contributed by atoms with E-state index in [2.05, 4.69) is 5.32 Å². The largest absolute Gasteiger partial charge is 0.550 e. The quantitative estimate of drug-likeness (QED) is 0.682. The van der Waals surface area contributed by atoms with Gasteiger partial charge >= 0.3 is 6.09 Å². The minimum absolute atomic E-state index is 0.103. The highest BCUT2D eigenvalue weighted by Crippen LogP contribution is 2.44. The highest BCUT2D eigenvalue weighted by Gasteiger charge is 2.29. The lowest BCUT2D eigenvalue weighted by atomic mass is 9.98. The molecule has 4 rings (SSSR count). The van der Waals surface area contributed by atoms with Crippen molar-refractivity contribution >= 4 is 12.1 Å². The molecular formula is C24H19FNO4-. The van der Waals surface area contributed by atoms with Crippen LogP contribution < -0.4 is 10.4 Å². The van der Waals surface area contributed by atoms with E-state index in [0.717, 1.165) is 22.3 Å². The topological polar surface area (TPSA) is 78.5 Å². The third kappa shape index (κ3) is 4.03. The van der Waals surface area contributed by atoms with Gasteiger partial charge in [0.1, 0.15) is 12.4 Å². The molecule has 0 fully saturated rings. The van der Waals surface area contributed by atoms with E-state index < -0.39 is 30.3 Å². The molecule has 3 aromatic carbocycles. The van der Waals surface area contributed by atoms with Crippen molar-refractivity contribution in [3.63, 3.8) is 0 Å². The number of amides is 1. The second kappa shape index (κ2) is 8.37.